The van der Waals surface area contributed by atoms with E-state index < -0.39 is 4.92 Å². The lowest BCUT2D eigenvalue weighted by Crippen LogP contribution is -2.45. The number of rotatable bonds is 5. The third-order valence-corrected chi connectivity index (χ3v) is 5.08. The van der Waals surface area contributed by atoms with E-state index in [1.807, 2.05) is 24.3 Å². The minimum absolute atomic E-state index is 0. The number of nitrogens with zero attached hydrogens (tertiary/aromatic N) is 4. The van der Waals surface area contributed by atoms with Gasteiger partial charge in [0.15, 0.2) is 0 Å². The number of nitrogens with one attached hydrogen (secondary N) is 1. The van der Waals surface area contributed by atoms with Crippen molar-refractivity contribution in [2.75, 3.05) is 19.6 Å². The lowest BCUT2D eigenvalue weighted by atomic mass is 10.0. The van der Waals surface area contributed by atoms with Gasteiger partial charge in [-0.15, -0.1) is 12.4 Å². The van der Waals surface area contributed by atoms with E-state index in [4.69, 9.17) is 16.1 Å². The Morgan fingerprint density at radius 2 is 2.10 bits per heavy atom. The molecule has 1 fully saturated rings. The van der Waals surface area contributed by atoms with Crippen LogP contribution in [0.25, 0.3) is 11.4 Å². The van der Waals surface area contributed by atoms with Crippen LogP contribution >= 0.6 is 24.0 Å². The Morgan fingerprint density at radius 3 is 2.90 bits per heavy atom. The monoisotopic (exact) mass is 435 g/mol. The second-order valence-electron chi connectivity index (χ2n) is 6.53. The van der Waals surface area contributed by atoms with E-state index in [1.54, 1.807) is 12.1 Å². The fourth-order valence-electron chi connectivity index (χ4n) is 3.36. The van der Waals surface area contributed by atoms with Crippen LogP contribution < -0.4 is 5.32 Å². The summed E-state index contributed by atoms with van der Waals surface area (Å²) in [5.74, 6) is 0.795. The van der Waals surface area contributed by atoms with Gasteiger partial charge >= 0.3 is 0 Å². The van der Waals surface area contributed by atoms with Crippen molar-refractivity contribution in [2.24, 2.45) is 0 Å². The minimum atomic E-state index is -0.445. The number of non-ortho nitro benzene ring substituents is 1. The highest BCUT2D eigenvalue weighted by molar-refractivity contribution is 6.31. The van der Waals surface area contributed by atoms with Crippen LogP contribution in [0, 0.1) is 10.1 Å². The predicted molar refractivity (Wildman–Crippen MR) is 111 cm³/mol. The maximum atomic E-state index is 11.0. The molecule has 0 radical (unpaired) electrons. The number of benzene rings is 2. The minimum Gasteiger partial charge on any atom is -0.338 e. The first-order valence-electron chi connectivity index (χ1n) is 8.88. The van der Waals surface area contributed by atoms with Gasteiger partial charge in [0.05, 0.1) is 11.5 Å². The highest BCUT2D eigenvalue weighted by Gasteiger charge is 2.27. The Balaban J connectivity index is 0.00000240. The Bertz CT molecular complexity index is 997. The van der Waals surface area contributed by atoms with E-state index in [9.17, 15) is 10.1 Å². The topological polar surface area (TPSA) is 97.3 Å². The Labute approximate surface area is 178 Å². The van der Waals surface area contributed by atoms with Crippen LogP contribution in [-0.2, 0) is 6.54 Å². The highest BCUT2D eigenvalue weighted by Crippen LogP contribution is 2.30. The number of hydrogen-bond acceptors (Lipinski definition) is 7. The molecule has 0 aliphatic carbocycles. The summed E-state index contributed by atoms with van der Waals surface area (Å²) in [6, 6.07) is 14.1. The van der Waals surface area contributed by atoms with Crippen LogP contribution in [0.5, 0.6) is 0 Å². The molecule has 8 nitrogen and oxygen atoms in total. The molecule has 0 amide bonds. The standard InChI is InChI=1S/C19H18ClN5O3.ClH/c20-16-7-2-1-6-15(16)17-11-21-8-9-24(17)12-18-22-19(23-28-18)13-4-3-5-14(10-13)25(26)27;/h1-7,10,17,21H,8-9,11-12H2;1H. The molecule has 1 unspecified atom stereocenters. The average Bonchev–Trinajstić information content (AvgIpc) is 3.18. The summed E-state index contributed by atoms with van der Waals surface area (Å²) < 4.78 is 5.41. The molecule has 1 saturated heterocycles. The van der Waals surface area contributed by atoms with Crippen molar-refractivity contribution >= 4 is 29.7 Å². The van der Waals surface area contributed by atoms with Crippen LogP contribution in [0.4, 0.5) is 5.69 Å². The largest absolute Gasteiger partial charge is 0.338 e. The Kier molecular flexibility index (Phi) is 6.81. The van der Waals surface area contributed by atoms with Crippen molar-refractivity contribution in [2.45, 2.75) is 12.6 Å². The van der Waals surface area contributed by atoms with Gasteiger partial charge in [-0.25, -0.2) is 0 Å². The van der Waals surface area contributed by atoms with E-state index in [-0.39, 0.29) is 24.1 Å². The molecule has 1 aliphatic heterocycles. The van der Waals surface area contributed by atoms with E-state index in [0.29, 0.717) is 23.8 Å². The third kappa shape index (κ3) is 4.73. The quantitative estimate of drug-likeness (QED) is 0.479. The zero-order valence-corrected chi connectivity index (χ0v) is 16.9. The van der Waals surface area contributed by atoms with Crippen LogP contribution in [-0.4, -0.2) is 39.6 Å². The van der Waals surface area contributed by atoms with Gasteiger partial charge in [0.2, 0.25) is 11.7 Å². The number of hydrogen-bond donors (Lipinski definition) is 1. The SMILES string of the molecule is Cl.O=[N+]([O-])c1cccc(-c2noc(CN3CCNCC3c3ccccc3Cl)n2)c1. The van der Waals surface area contributed by atoms with Gasteiger partial charge in [-0.2, -0.15) is 4.98 Å². The molecule has 10 heteroatoms. The maximum Gasteiger partial charge on any atom is 0.270 e. The molecule has 0 bridgehead atoms. The molecule has 29 heavy (non-hydrogen) atoms. The first-order valence-corrected chi connectivity index (χ1v) is 9.26. The zero-order valence-electron chi connectivity index (χ0n) is 15.3. The van der Waals surface area contributed by atoms with Gasteiger partial charge < -0.3 is 9.84 Å². The summed E-state index contributed by atoms with van der Waals surface area (Å²) >= 11 is 6.39. The Hall–Kier alpha value is -2.52. The molecule has 0 spiro atoms. The molecule has 1 aromatic heterocycles. The normalized spacial score (nSPS) is 16.9. The lowest BCUT2D eigenvalue weighted by Gasteiger charge is -2.35. The van der Waals surface area contributed by atoms with Crippen LogP contribution in [0.1, 0.15) is 17.5 Å². The summed E-state index contributed by atoms with van der Waals surface area (Å²) in [6.07, 6.45) is 0. The molecule has 0 saturated carbocycles. The fraction of sp³-hybridized carbons (Fsp3) is 0.263. The van der Waals surface area contributed by atoms with Crippen LogP contribution in [0.15, 0.2) is 53.1 Å². The average molecular weight is 436 g/mol. The van der Waals surface area contributed by atoms with E-state index >= 15 is 0 Å². The lowest BCUT2D eigenvalue weighted by molar-refractivity contribution is -0.384. The number of nitro benzene ring substituents is 1. The van der Waals surface area contributed by atoms with Crippen molar-refractivity contribution in [3.05, 3.63) is 75.1 Å². The summed E-state index contributed by atoms with van der Waals surface area (Å²) in [5.41, 5.74) is 1.59. The number of halogens is 2. The molecule has 2 aromatic carbocycles. The smallest absolute Gasteiger partial charge is 0.270 e. The summed E-state index contributed by atoms with van der Waals surface area (Å²) in [4.78, 5) is 17.2. The van der Waals surface area contributed by atoms with Gasteiger partial charge in [-0.3, -0.25) is 15.0 Å². The van der Waals surface area contributed by atoms with E-state index in [1.165, 1.54) is 12.1 Å². The highest BCUT2D eigenvalue weighted by atomic mass is 35.5. The van der Waals surface area contributed by atoms with Crippen molar-refractivity contribution in [3.63, 3.8) is 0 Å². The molecule has 152 valence electrons. The van der Waals surface area contributed by atoms with Crippen molar-refractivity contribution in [1.82, 2.24) is 20.4 Å². The van der Waals surface area contributed by atoms with Gasteiger partial charge in [0.1, 0.15) is 0 Å². The first-order chi connectivity index (χ1) is 13.6. The van der Waals surface area contributed by atoms with Crippen molar-refractivity contribution < 1.29 is 9.45 Å². The maximum absolute atomic E-state index is 11.0. The molecular formula is C19H19Cl2N5O3. The Morgan fingerprint density at radius 1 is 1.28 bits per heavy atom. The van der Waals surface area contributed by atoms with Crippen LogP contribution in [0.2, 0.25) is 5.02 Å². The van der Waals surface area contributed by atoms with Crippen molar-refractivity contribution in [3.8, 4) is 11.4 Å². The molecule has 3 aromatic rings. The number of aromatic nitrogens is 2. The second kappa shape index (κ2) is 9.32. The second-order valence-corrected chi connectivity index (χ2v) is 6.94. The molecule has 1 N–H and O–H groups in total. The fourth-order valence-corrected chi connectivity index (χ4v) is 3.62. The van der Waals surface area contributed by atoms with Gasteiger partial charge in [-0.1, -0.05) is 47.1 Å². The predicted octanol–water partition coefficient (Wildman–Crippen LogP) is 3.87. The molecule has 1 aliphatic rings. The third-order valence-electron chi connectivity index (χ3n) is 4.74. The van der Waals surface area contributed by atoms with Gasteiger partial charge in [-0.05, 0) is 11.6 Å². The number of nitro groups is 1. The van der Waals surface area contributed by atoms with Crippen LogP contribution in [0.3, 0.4) is 0 Å². The van der Waals surface area contributed by atoms with Gasteiger partial charge in [0, 0.05) is 48.4 Å². The molecule has 4 rings (SSSR count). The van der Waals surface area contributed by atoms with Gasteiger partial charge in [0.25, 0.3) is 5.69 Å². The zero-order chi connectivity index (χ0) is 19.5. The summed E-state index contributed by atoms with van der Waals surface area (Å²) in [6.45, 7) is 2.91. The molecule has 1 atom stereocenters. The molecular weight excluding hydrogens is 417 g/mol. The first kappa shape index (κ1) is 21.2. The molecule has 2 heterocycles. The van der Waals surface area contributed by atoms with Crippen molar-refractivity contribution in [1.29, 1.82) is 0 Å². The summed E-state index contributed by atoms with van der Waals surface area (Å²) in [5, 5.41) is 19.1. The van der Waals surface area contributed by atoms with E-state index in [2.05, 4.69) is 20.4 Å². The summed E-state index contributed by atoms with van der Waals surface area (Å²) in [7, 11) is 0. The number of piperazine rings is 1. The van der Waals surface area contributed by atoms with E-state index in [0.717, 1.165) is 30.2 Å².